The highest BCUT2D eigenvalue weighted by atomic mass is 19.1. The predicted molar refractivity (Wildman–Crippen MR) is 80.3 cm³/mol. The van der Waals surface area contributed by atoms with Crippen LogP contribution in [0.3, 0.4) is 0 Å². The third-order valence-electron chi connectivity index (χ3n) is 3.51. The minimum atomic E-state index is -0.688. The number of nitrogens with zero attached hydrogens (tertiary/aromatic N) is 1. The summed E-state index contributed by atoms with van der Waals surface area (Å²) in [6.07, 6.45) is 0. The third kappa shape index (κ3) is 2.83. The summed E-state index contributed by atoms with van der Waals surface area (Å²) in [5.74, 6) is -1.53. The summed E-state index contributed by atoms with van der Waals surface area (Å²) in [4.78, 5) is 36.6. The zero-order valence-corrected chi connectivity index (χ0v) is 12.6. The van der Waals surface area contributed by atoms with Gasteiger partial charge in [-0.05, 0) is 42.5 Å². The van der Waals surface area contributed by atoms with Gasteiger partial charge in [0, 0.05) is 0 Å². The fourth-order valence-corrected chi connectivity index (χ4v) is 2.31. The van der Waals surface area contributed by atoms with Crippen LogP contribution in [-0.4, -0.2) is 36.3 Å². The number of rotatable bonds is 4. The molecule has 0 atom stereocenters. The summed E-state index contributed by atoms with van der Waals surface area (Å²) in [6, 6.07) is 9.76. The maximum atomic E-state index is 12.9. The highest BCUT2D eigenvalue weighted by Crippen LogP contribution is 2.29. The lowest BCUT2D eigenvalue weighted by Gasteiger charge is -2.11. The van der Waals surface area contributed by atoms with Crippen molar-refractivity contribution >= 4 is 17.8 Å². The Morgan fingerprint density at radius 1 is 1.00 bits per heavy atom. The van der Waals surface area contributed by atoms with Crippen LogP contribution in [0, 0.1) is 5.82 Å². The highest BCUT2D eigenvalue weighted by Gasteiger charge is 2.37. The maximum Gasteiger partial charge on any atom is 0.325 e. The van der Waals surface area contributed by atoms with Crippen molar-refractivity contribution in [1.82, 2.24) is 4.90 Å². The van der Waals surface area contributed by atoms with E-state index in [1.165, 1.54) is 49.6 Å². The fraction of sp³-hybridized carbons (Fsp3) is 0.118. The van der Waals surface area contributed by atoms with Gasteiger partial charge in [-0.3, -0.25) is 19.3 Å². The van der Waals surface area contributed by atoms with Gasteiger partial charge in [-0.15, -0.1) is 0 Å². The molecule has 0 fully saturated rings. The molecule has 2 aromatic rings. The largest absolute Gasteiger partial charge is 0.468 e. The smallest absolute Gasteiger partial charge is 0.325 e. The molecule has 122 valence electrons. The Hall–Kier alpha value is -3.22. The van der Waals surface area contributed by atoms with E-state index in [9.17, 15) is 18.8 Å². The van der Waals surface area contributed by atoms with Gasteiger partial charge in [0.2, 0.25) is 0 Å². The second kappa shape index (κ2) is 6.11. The second-order valence-corrected chi connectivity index (χ2v) is 5.04. The Morgan fingerprint density at radius 2 is 1.62 bits per heavy atom. The number of halogens is 1. The van der Waals surface area contributed by atoms with Crippen LogP contribution in [-0.2, 0) is 9.53 Å². The van der Waals surface area contributed by atoms with Gasteiger partial charge in [-0.25, -0.2) is 4.39 Å². The molecule has 1 aliphatic heterocycles. The molecular formula is C17H12FNO5. The first kappa shape index (κ1) is 15.7. The molecule has 1 aliphatic rings. The lowest BCUT2D eigenvalue weighted by molar-refractivity contribution is -0.140. The summed E-state index contributed by atoms with van der Waals surface area (Å²) < 4.78 is 22.9. The Balaban J connectivity index is 1.85. The molecule has 3 rings (SSSR count). The van der Waals surface area contributed by atoms with Crippen molar-refractivity contribution in [2.24, 2.45) is 0 Å². The number of hydrogen-bond donors (Lipinski definition) is 0. The Bertz CT molecular complexity index is 831. The maximum absolute atomic E-state index is 12.9. The van der Waals surface area contributed by atoms with Crippen molar-refractivity contribution in [1.29, 1.82) is 0 Å². The van der Waals surface area contributed by atoms with Gasteiger partial charge < -0.3 is 9.47 Å². The molecule has 0 saturated carbocycles. The number of imide groups is 1. The minimum absolute atomic E-state index is 0.142. The number of hydrogen-bond acceptors (Lipinski definition) is 5. The Morgan fingerprint density at radius 3 is 2.29 bits per heavy atom. The van der Waals surface area contributed by atoms with E-state index in [0.29, 0.717) is 11.5 Å². The topological polar surface area (TPSA) is 72.9 Å². The molecule has 0 N–H and O–H groups in total. The van der Waals surface area contributed by atoms with Gasteiger partial charge in [0.05, 0.1) is 18.2 Å². The number of carbonyl (C=O) groups is 3. The monoisotopic (exact) mass is 329 g/mol. The summed E-state index contributed by atoms with van der Waals surface area (Å²) in [5.41, 5.74) is 0.332. The van der Waals surface area contributed by atoms with Crippen LogP contribution in [0.4, 0.5) is 4.39 Å². The van der Waals surface area contributed by atoms with Crippen LogP contribution < -0.4 is 4.74 Å². The molecule has 0 saturated heterocycles. The number of carbonyl (C=O) groups excluding carboxylic acids is 3. The van der Waals surface area contributed by atoms with Crippen LogP contribution in [0.5, 0.6) is 11.5 Å². The molecule has 2 amide bonds. The molecule has 0 spiro atoms. The van der Waals surface area contributed by atoms with Crippen LogP contribution in [0.1, 0.15) is 20.7 Å². The van der Waals surface area contributed by atoms with Gasteiger partial charge >= 0.3 is 5.97 Å². The van der Waals surface area contributed by atoms with Crippen molar-refractivity contribution in [3.05, 3.63) is 59.4 Å². The zero-order valence-electron chi connectivity index (χ0n) is 12.6. The molecule has 1 heterocycles. The molecule has 2 aromatic carbocycles. The van der Waals surface area contributed by atoms with E-state index in [4.69, 9.17) is 4.74 Å². The molecular weight excluding hydrogens is 317 g/mol. The van der Waals surface area contributed by atoms with Gasteiger partial charge in [0.25, 0.3) is 11.8 Å². The average Bonchev–Trinajstić information content (AvgIpc) is 2.81. The molecule has 0 unspecified atom stereocenters. The molecule has 0 radical (unpaired) electrons. The number of methoxy groups -OCH3 is 1. The van der Waals surface area contributed by atoms with Gasteiger partial charge in [-0.1, -0.05) is 0 Å². The molecule has 0 aliphatic carbocycles. The normalized spacial score (nSPS) is 13.0. The van der Waals surface area contributed by atoms with E-state index < -0.39 is 30.1 Å². The van der Waals surface area contributed by atoms with Crippen molar-refractivity contribution in [2.75, 3.05) is 13.7 Å². The Labute approximate surface area is 136 Å². The Kier molecular flexibility index (Phi) is 3.99. The molecule has 7 heteroatoms. The van der Waals surface area contributed by atoms with E-state index in [0.717, 1.165) is 4.90 Å². The molecule has 0 bridgehead atoms. The predicted octanol–water partition coefficient (Wildman–Crippen LogP) is 2.39. The lowest BCUT2D eigenvalue weighted by atomic mass is 10.1. The van der Waals surface area contributed by atoms with E-state index in [2.05, 4.69) is 4.74 Å². The molecule has 24 heavy (non-hydrogen) atoms. The van der Waals surface area contributed by atoms with E-state index >= 15 is 0 Å². The summed E-state index contributed by atoms with van der Waals surface area (Å²) in [5, 5.41) is 0. The van der Waals surface area contributed by atoms with Crippen molar-refractivity contribution in [2.45, 2.75) is 0 Å². The quantitative estimate of drug-likeness (QED) is 0.636. The number of ether oxygens (including phenoxy) is 2. The van der Waals surface area contributed by atoms with E-state index in [1.54, 1.807) is 0 Å². The first-order valence-corrected chi connectivity index (χ1v) is 7.00. The zero-order chi connectivity index (χ0) is 17.3. The van der Waals surface area contributed by atoms with Crippen LogP contribution in [0.2, 0.25) is 0 Å². The van der Waals surface area contributed by atoms with Crippen molar-refractivity contribution < 1.29 is 28.2 Å². The van der Waals surface area contributed by atoms with E-state index in [-0.39, 0.29) is 11.1 Å². The first-order valence-electron chi connectivity index (χ1n) is 7.00. The second-order valence-electron chi connectivity index (χ2n) is 5.04. The standard InChI is InChI=1S/C17H12FNO5/c1-23-15(20)9-19-16(21)13-7-6-12(8-14(13)17(19)22)24-11-4-2-10(18)3-5-11/h2-8H,9H2,1H3. The van der Waals surface area contributed by atoms with Gasteiger partial charge in [0.15, 0.2) is 0 Å². The van der Waals surface area contributed by atoms with Crippen molar-refractivity contribution in [3.63, 3.8) is 0 Å². The number of fused-ring (bicyclic) bond motifs is 1. The highest BCUT2D eigenvalue weighted by molar-refractivity contribution is 6.22. The van der Waals surface area contributed by atoms with Crippen molar-refractivity contribution in [3.8, 4) is 11.5 Å². The summed E-state index contributed by atoms with van der Waals surface area (Å²) in [7, 11) is 1.18. The van der Waals surface area contributed by atoms with Crippen LogP contribution in [0.25, 0.3) is 0 Å². The van der Waals surface area contributed by atoms with E-state index in [1.807, 2.05) is 0 Å². The fourth-order valence-electron chi connectivity index (χ4n) is 2.31. The third-order valence-corrected chi connectivity index (χ3v) is 3.51. The van der Waals surface area contributed by atoms with Crippen LogP contribution in [0.15, 0.2) is 42.5 Å². The summed E-state index contributed by atoms with van der Waals surface area (Å²) >= 11 is 0. The number of amides is 2. The number of benzene rings is 2. The molecule has 6 nitrogen and oxygen atoms in total. The molecule has 0 aromatic heterocycles. The summed E-state index contributed by atoms with van der Waals surface area (Å²) in [6.45, 7) is -0.447. The number of esters is 1. The first-order chi connectivity index (χ1) is 11.5. The minimum Gasteiger partial charge on any atom is -0.468 e. The SMILES string of the molecule is COC(=O)CN1C(=O)c2ccc(Oc3ccc(F)cc3)cc2C1=O. The van der Waals surface area contributed by atoms with Gasteiger partial charge in [0.1, 0.15) is 23.9 Å². The lowest BCUT2D eigenvalue weighted by Crippen LogP contribution is -2.35. The average molecular weight is 329 g/mol. The van der Waals surface area contributed by atoms with Gasteiger partial charge in [-0.2, -0.15) is 0 Å². The van der Waals surface area contributed by atoms with Crippen LogP contribution >= 0.6 is 0 Å².